The highest BCUT2D eigenvalue weighted by Gasteiger charge is 2.19. The van der Waals surface area contributed by atoms with Crippen LogP contribution in [-0.2, 0) is 0 Å². The van der Waals surface area contributed by atoms with Crippen molar-refractivity contribution < 1.29 is 0 Å². The van der Waals surface area contributed by atoms with E-state index in [-0.39, 0.29) is 0 Å². The van der Waals surface area contributed by atoms with Crippen LogP contribution in [0.3, 0.4) is 0 Å². The van der Waals surface area contributed by atoms with Gasteiger partial charge in [-0.15, -0.1) is 11.8 Å². The number of rotatable bonds is 2. The van der Waals surface area contributed by atoms with Crippen molar-refractivity contribution in [2.75, 3.05) is 0 Å². The Bertz CT molecular complexity index is 377. The Morgan fingerprint density at radius 2 is 2.00 bits per heavy atom. The quantitative estimate of drug-likeness (QED) is 0.760. The normalized spacial score (nSPS) is 25.0. The molecule has 2 atom stereocenters. The highest BCUT2D eigenvalue weighted by atomic mass is 32.2. The molecule has 1 fully saturated rings. The molecule has 2 heteroatoms. The summed E-state index contributed by atoms with van der Waals surface area (Å²) in [6, 6.07) is 10.1. The van der Waals surface area contributed by atoms with Gasteiger partial charge in [-0.3, -0.25) is 0 Å². The highest BCUT2D eigenvalue weighted by Crippen LogP contribution is 2.35. The molecule has 1 aliphatic rings. The molecule has 0 bridgehead atoms. The van der Waals surface area contributed by atoms with Crippen molar-refractivity contribution >= 4 is 11.8 Å². The van der Waals surface area contributed by atoms with E-state index in [1.165, 1.54) is 30.6 Å². The predicted molar refractivity (Wildman–Crippen MR) is 68.4 cm³/mol. The van der Waals surface area contributed by atoms with Gasteiger partial charge >= 0.3 is 0 Å². The third-order valence-electron chi connectivity index (χ3n) is 3.17. The van der Waals surface area contributed by atoms with E-state index < -0.39 is 0 Å². The summed E-state index contributed by atoms with van der Waals surface area (Å²) >= 11 is 1.98. The summed E-state index contributed by atoms with van der Waals surface area (Å²) in [5.74, 6) is 0.879. The van der Waals surface area contributed by atoms with Gasteiger partial charge in [0.05, 0.1) is 11.6 Å². The molecular formula is C14H17NS. The molecule has 2 rings (SSSR count). The van der Waals surface area contributed by atoms with Crippen molar-refractivity contribution in [2.24, 2.45) is 5.92 Å². The number of benzene rings is 1. The summed E-state index contributed by atoms with van der Waals surface area (Å²) in [5.41, 5.74) is 0.751. The van der Waals surface area contributed by atoms with Crippen molar-refractivity contribution in [1.29, 1.82) is 5.26 Å². The molecule has 0 saturated heterocycles. The third kappa shape index (κ3) is 3.02. The number of hydrogen-bond acceptors (Lipinski definition) is 2. The van der Waals surface area contributed by atoms with Crippen LogP contribution < -0.4 is 0 Å². The number of nitrogens with zero attached hydrogens (tertiary/aromatic N) is 1. The van der Waals surface area contributed by atoms with E-state index in [1.54, 1.807) is 0 Å². The Kier molecular flexibility index (Phi) is 3.90. The zero-order chi connectivity index (χ0) is 11.4. The first-order chi connectivity index (χ1) is 7.78. The smallest absolute Gasteiger partial charge is 0.0991 e. The second kappa shape index (κ2) is 5.41. The van der Waals surface area contributed by atoms with Gasteiger partial charge in [0.15, 0.2) is 0 Å². The molecule has 0 amide bonds. The van der Waals surface area contributed by atoms with Crippen molar-refractivity contribution in [3.8, 4) is 6.07 Å². The molecule has 0 spiro atoms. The van der Waals surface area contributed by atoms with Crippen molar-refractivity contribution in [1.82, 2.24) is 0 Å². The van der Waals surface area contributed by atoms with Crippen LogP contribution in [-0.4, -0.2) is 5.25 Å². The second-order valence-electron chi connectivity index (χ2n) is 4.65. The maximum absolute atomic E-state index is 8.73. The van der Waals surface area contributed by atoms with Gasteiger partial charge in [0.25, 0.3) is 0 Å². The van der Waals surface area contributed by atoms with E-state index in [0.29, 0.717) is 0 Å². The monoisotopic (exact) mass is 231 g/mol. The van der Waals surface area contributed by atoms with Crippen LogP contribution in [0.1, 0.15) is 38.2 Å². The summed E-state index contributed by atoms with van der Waals surface area (Å²) in [4.78, 5) is 1.30. The van der Waals surface area contributed by atoms with Crippen molar-refractivity contribution in [3.05, 3.63) is 29.8 Å². The molecule has 1 aromatic carbocycles. The molecule has 0 aliphatic heterocycles. The van der Waals surface area contributed by atoms with Gasteiger partial charge in [0, 0.05) is 10.1 Å². The lowest BCUT2D eigenvalue weighted by Gasteiger charge is -2.26. The molecular weight excluding hydrogens is 214 g/mol. The molecule has 1 aliphatic carbocycles. The Morgan fingerprint density at radius 1 is 1.25 bits per heavy atom. The summed E-state index contributed by atoms with van der Waals surface area (Å²) in [6.07, 6.45) is 5.44. The van der Waals surface area contributed by atoms with Crippen LogP contribution in [0.25, 0.3) is 0 Å². The fourth-order valence-corrected chi connectivity index (χ4v) is 3.67. The Hall–Kier alpha value is -0.940. The summed E-state index contributed by atoms with van der Waals surface area (Å²) < 4.78 is 0. The van der Waals surface area contributed by atoms with Gasteiger partial charge in [-0.25, -0.2) is 0 Å². The minimum atomic E-state index is 0.751. The molecule has 1 saturated carbocycles. The van der Waals surface area contributed by atoms with E-state index in [1.807, 2.05) is 23.9 Å². The van der Waals surface area contributed by atoms with Crippen LogP contribution >= 0.6 is 11.8 Å². The minimum Gasteiger partial charge on any atom is -0.192 e. The molecule has 84 valence electrons. The Labute approximate surface area is 102 Å². The minimum absolute atomic E-state index is 0.751. The Balaban J connectivity index is 1.95. The average Bonchev–Trinajstić information content (AvgIpc) is 2.30. The largest absolute Gasteiger partial charge is 0.192 e. The standard InChI is InChI=1S/C14H17NS/c1-11-3-2-4-14(9-11)16-13-7-5-12(10-15)6-8-13/h5-8,11,14H,2-4,9H2,1H3. The predicted octanol–water partition coefficient (Wildman–Crippen LogP) is 4.23. The zero-order valence-electron chi connectivity index (χ0n) is 9.65. The molecule has 1 aromatic rings. The van der Waals surface area contributed by atoms with Gasteiger partial charge in [-0.05, 0) is 43.0 Å². The van der Waals surface area contributed by atoms with Gasteiger partial charge < -0.3 is 0 Å². The van der Waals surface area contributed by atoms with Gasteiger partial charge in [-0.2, -0.15) is 5.26 Å². The van der Waals surface area contributed by atoms with Crippen LogP contribution in [0, 0.1) is 17.2 Å². The number of thioether (sulfide) groups is 1. The van der Waals surface area contributed by atoms with Crippen LogP contribution in [0.4, 0.5) is 0 Å². The van der Waals surface area contributed by atoms with Gasteiger partial charge in [0.1, 0.15) is 0 Å². The highest BCUT2D eigenvalue weighted by molar-refractivity contribution is 8.00. The fraction of sp³-hybridized carbons (Fsp3) is 0.500. The first kappa shape index (κ1) is 11.5. The molecule has 2 unspecified atom stereocenters. The van der Waals surface area contributed by atoms with E-state index in [0.717, 1.165) is 16.7 Å². The summed E-state index contributed by atoms with van der Waals surface area (Å²) in [5, 5.41) is 9.50. The topological polar surface area (TPSA) is 23.8 Å². The lowest BCUT2D eigenvalue weighted by molar-refractivity contribution is 0.394. The van der Waals surface area contributed by atoms with Gasteiger partial charge in [-0.1, -0.05) is 19.8 Å². The molecule has 0 heterocycles. The second-order valence-corrected chi connectivity index (χ2v) is 6.02. The molecule has 1 nitrogen and oxygen atoms in total. The SMILES string of the molecule is CC1CCCC(Sc2ccc(C#N)cc2)C1. The fourth-order valence-electron chi connectivity index (χ4n) is 2.29. The lowest BCUT2D eigenvalue weighted by Crippen LogP contribution is -2.14. The molecule has 0 N–H and O–H groups in total. The first-order valence-electron chi connectivity index (χ1n) is 5.95. The van der Waals surface area contributed by atoms with Crippen LogP contribution in [0.2, 0.25) is 0 Å². The summed E-state index contributed by atoms with van der Waals surface area (Å²) in [7, 11) is 0. The zero-order valence-corrected chi connectivity index (χ0v) is 10.5. The molecule has 16 heavy (non-hydrogen) atoms. The van der Waals surface area contributed by atoms with E-state index in [2.05, 4.69) is 25.1 Å². The van der Waals surface area contributed by atoms with E-state index in [4.69, 9.17) is 5.26 Å². The summed E-state index contributed by atoms with van der Waals surface area (Å²) in [6.45, 7) is 2.35. The maximum Gasteiger partial charge on any atom is 0.0991 e. The van der Waals surface area contributed by atoms with Crippen LogP contribution in [0.15, 0.2) is 29.2 Å². The van der Waals surface area contributed by atoms with Gasteiger partial charge in [0.2, 0.25) is 0 Å². The third-order valence-corrected chi connectivity index (χ3v) is 4.48. The van der Waals surface area contributed by atoms with E-state index in [9.17, 15) is 0 Å². The van der Waals surface area contributed by atoms with Crippen molar-refractivity contribution in [3.63, 3.8) is 0 Å². The molecule has 0 radical (unpaired) electrons. The van der Waals surface area contributed by atoms with Crippen LogP contribution in [0.5, 0.6) is 0 Å². The number of nitriles is 1. The first-order valence-corrected chi connectivity index (χ1v) is 6.82. The maximum atomic E-state index is 8.73. The number of hydrogen-bond donors (Lipinski definition) is 0. The Morgan fingerprint density at radius 3 is 2.62 bits per heavy atom. The lowest BCUT2D eigenvalue weighted by atomic mass is 9.91. The average molecular weight is 231 g/mol. The van der Waals surface area contributed by atoms with E-state index >= 15 is 0 Å². The van der Waals surface area contributed by atoms with Crippen molar-refractivity contribution in [2.45, 2.75) is 42.8 Å². The molecule has 0 aromatic heterocycles.